The van der Waals surface area contributed by atoms with Crippen LogP contribution in [-0.2, 0) is 0 Å². The normalized spacial score (nSPS) is 19.5. The van der Waals surface area contributed by atoms with E-state index in [2.05, 4.69) is 19.1 Å². The standard InChI is InChI=1S/C9H12.C3H9N/c1-2-5-9-7-3-6-8(9)4-1;1-2-3-4/h4-5H,1-3,6-7H2;2-4H2,1H3. The van der Waals surface area contributed by atoms with E-state index >= 15 is 0 Å². The van der Waals surface area contributed by atoms with Crippen molar-refractivity contribution in [2.24, 2.45) is 5.73 Å². The van der Waals surface area contributed by atoms with Gasteiger partial charge in [-0.05, 0) is 56.2 Å². The molecule has 2 aliphatic carbocycles. The van der Waals surface area contributed by atoms with Crippen molar-refractivity contribution in [2.75, 3.05) is 6.54 Å². The Balaban J connectivity index is 0.000000184. The quantitative estimate of drug-likeness (QED) is 0.657. The molecule has 1 heteroatoms. The molecule has 1 nitrogen and oxygen atoms in total. The van der Waals surface area contributed by atoms with Gasteiger partial charge < -0.3 is 5.73 Å². The van der Waals surface area contributed by atoms with E-state index in [4.69, 9.17) is 5.73 Å². The van der Waals surface area contributed by atoms with Crippen molar-refractivity contribution in [3.8, 4) is 0 Å². The molecule has 1 saturated carbocycles. The van der Waals surface area contributed by atoms with Crippen LogP contribution in [-0.4, -0.2) is 6.54 Å². The minimum Gasteiger partial charge on any atom is -0.330 e. The van der Waals surface area contributed by atoms with Crippen LogP contribution < -0.4 is 5.73 Å². The summed E-state index contributed by atoms with van der Waals surface area (Å²) in [6.45, 7) is 2.88. The molecule has 2 aliphatic rings. The SMILES string of the molecule is C1=C2CCCC2=CCC1.CCCN. The highest BCUT2D eigenvalue weighted by Gasteiger charge is 2.13. The number of rotatable bonds is 1. The summed E-state index contributed by atoms with van der Waals surface area (Å²) in [6.07, 6.45) is 12.6. The van der Waals surface area contributed by atoms with Crippen LogP contribution in [0, 0.1) is 0 Å². The predicted octanol–water partition coefficient (Wildman–Crippen LogP) is 3.17. The first kappa shape index (κ1) is 10.5. The monoisotopic (exact) mass is 179 g/mol. The van der Waals surface area contributed by atoms with E-state index < -0.39 is 0 Å². The summed E-state index contributed by atoms with van der Waals surface area (Å²) in [5.41, 5.74) is 8.34. The molecule has 0 saturated heterocycles. The first-order chi connectivity index (χ1) is 6.38. The number of hydrogen-bond donors (Lipinski definition) is 1. The Morgan fingerprint density at radius 1 is 1.15 bits per heavy atom. The molecule has 0 aromatic rings. The number of allylic oxidation sites excluding steroid dienone is 4. The smallest absolute Gasteiger partial charge is 0.00799 e. The summed E-state index contributed by atoms with van der Waals surface area (Å²) < 4.78 is 0. The molecule has 0 radical (unpaired) electrons. The molecule has 0 bridgehead atoms. The molecular weight excluding hydrogens is 158 g/mol. The summed E-state index contributed by atoms with van der Waals surface area (Å²) in [6, 6.07) is 0. The molecule has 0 aliphatic heterocycles. The van der Waals surface area contributed by atoms with Gasteiger partial charge in [0.05, 0.1) is 0 Å². The molecular formula is C12H21N. The van der Waals surface area contributed by atoms with Gasteiger partial charge in [-0.15, -0.1) is 0 Å². The summed E-state index contributed by atoms with van der Waals surface area (Å²) in [7, 11) is 0. The molecule has 1 fully saturated rings. The average molecular weight is 179 g/mol. The van der Waals surface area contributed by atoms with Crippen molar-refractivity contribution in [3.05, 3.63) is 23.3 Å². The third-order valence-corrected chi connectivity index (χ3v) is 2.54. The van der Waals surface area contributed by atoms with Crippen LogP contribution in [0.1, 0.15) is 45.4 Å². The van der Waals surface area contributed by atoms with Crippen LogP contribution >= 0.6 is 0 Å². The van der Waals surface area contributed by atoms with E-state index in [9.17, 15) is 0 Å². The molecule has 0 amide bonds. The minimum absolute atomic E-state index is 0.819. The maximum atomic E-state index is 5.03. The van der Waals surface area contributed by atoms with Crippen LogP contribution in [0.4, 0.5) is 0 Å². The zero-order valence-corrected chi connectivity index (χ0v) is 8.68. The van der Waals surface area contributed by atoms with Gasteiger partial charge in [-0.2, -0.15) is 0 Å². The van der Waals surface area contributed by atoms with E-state index in [1.165, 1.54) is 32.1 Å². The Labute approximate surface area is 81.7 Å². The molecule has 0 aromatic heterocycles. The summed E-state index contributed by atoms with van der Waals surface area (Å²) in [4.78, 5) is 0. The Kier molecular flexibility index (Phi) is 4.84. The lowest BCUT2D eigenvalue weighted by Crippen LogP contribution is -1.93. The van der Waals surface area contributed by atoms with E-state index in [0.29, 0.717) is 0 Å². The zero-order valence-electron chi connectivity index (χ0n) is 8.68. The first-order valence-electron chi connectivity index (χ1n) is 5.47. The van der Waals surface area contributed by atoms with E-state index in [1.54, 1.807) is 11.1 Å². The summed E-state index contributed by atoms with van der Waals surface area (Å²) in [5.74, 6) is 0. The topological polar surface area (TPSA) is 26.0 Å². The summed E-state index contributed by atoms with van der Waals surface area (Å²) >= 11 is 0. The molecule has 0 heterocycles. The second-order valence-corrected chi connectivity index (χ2v) is 3.68. The highest BCUT2D eigenvalue weighted by atomic mass is 14.5. The Hall–Kier alpha value is -0.560. The molecule has 0 atom stereocenters. The van der Waals surface area contributed by atoms with Crippen molar-refractivity contribution in [3.63, 3.8) is 0 Å². The van der Waals surface area contributed by atoms with Crippen LogP contribution in [0.25, 0.3) is 0 Å². The van der Waals surface area contributed by atoms with Gasteiger partial charge >= 0.3 is 0 Å². The van der Waals surface area contributed by atoms with Crippen molar-refractivity contribution in [1.29, 1.82) is 0 Å². The van der Waals surface area contributed by atoms with E-state index in [-0.39, 0.29) is 0 Å². The summed E-state index contributed by atoms with van der Waals surface area (Å²) in [5, 5.41) is 0. The van der Waals surface area contributed by atoms with Gasteiger partial charge in [0.15, 0.2) is 0 Å². The third-order valence-electron chi connectivity index (χ3n) is 2.54. The predicted molar refractivity (Wildman–Crippen MR) is 58.6 cm³/mol. The van der Waals surface area contributed by atoms with Crippen molar-refractivity contribution in [2.45, 2.75) is 45.4 Å². The molecule has 2 N–H and O–H groups in total. The molecule has 74 valence electrons. The number of hydrogen-bond acceptors (Lipinski definition) is 1. The molecule has 0 unspecified atom stereocenters. The second kappa shape index (κ2) is 5.98. The Morgan fingerprint density at radius 2 is 1.62 bits per heavy atom. The van der Waals surface area contributed by atoms with Gasteiger partial charge in [-0.3, -0.25) is 0 Å². The lowest BCUT2D eigenvalue weighted by molar-refractivity contribution is 0.932. The fourth-order valence-corrected chi connectivity index (χ4v) is 1.77. The molecule has 2 rings (SSSR count). The molecule has 0 aromatic carbocycles. The van der Waals surface area contributed by atoms with Crippen LogP contribution in [0.3, 0.4) is 0 Å². The minimum atomic E-state index is 0.819. The number of fused-ring (bicyclic) bond motifs is 1. The van der Waals surface area contributed by atoms with Crippen molar-refractivity contribution < 1.29 is 0 Å². The Morgan fingerprint density at radius 3 is 2.00 bits per heavy atom. The van der Waals surface area contributed by atoms with Gasteiger partial charge in [0.25, 0.3) is 0 Å². The van der Waals surface area contributed by atoms with Crippen LogP contribution in [0.2, 0.25) is 0 Å². The lowest BCUT2D eigenvalue weighted by Gasteiger charge is -2.05. The highest BCUT2D eigenvalue weighted by Crippen LogP contribution is 2.33. The largest absolute Gasteiger partial charge is 0.330 e. The number of nitrogens with two attached hydrogens (primary N) is 1. The van der Waals surface area contributed by atoms with Gasteiger partial charge in [0.1, 0.15) is 0 Å². The van der Waals surface area contributed by atoms with E-state index in [1.807, 2.05) is 0 Å². The maximum Gasteiger partial charge on any atom is -0.00799 e. The Bertz CT molecular complexity index is 179. The van der Waals surface area contributed by atoms with Gasteiger partial charge in [0.2, 0.25) is 0 Å². The maximum absolute atomic E-state index is 5.03. The average Bonchev–Trinajstić information content (AvgIpc) is 2.66. The van der Waals surface area contributed by atoms with Crippen molar-refractivity contribution in [1.82, 2.24) is 0 Å². The first-order valence-corrected chi connectivity index (χ1v) is 5.47. The van der Waals surface area contributed by atoms with Crippen LogP contribution in [0.15, 0.2) is 23.3 Å². The van der Waals surface area contributed by atoms with E-state index in [0.717, 1.165) is 13.0 Å². The second-order valence-electron chi connectivity index (χ2n) is 3.68. The zero-order chi connectivity index (χ0) is 9.52. The molecule has 0 spiro atoms. The fourth-order valence-electron chi connectivity index (χ4n) is 1.77. The fraction of sp³-hybridized carbons (Fsp3) is 0.667. The highest BCUT2D eigenvalue weighted by molar-refractivity contribution is 5.36. The van der Waals surface area contributed by atoms with Gasteiger partial charge in [0, 0.05) is 0 Å². The molecule has 13 heavy (non-hydrogen) atoms. The third kappa shape index (κ3) is 3.35. The lowest BCUT2D eigenvalue weighted by atomic mass is 10.0. The van der Waals surface area contributed by atoms with Crippen LogP contribution in [0.5, 0.6) is 0 Å². The van der Waals surface area contributed by atoms with Gasteiger partial charge in [-0.1, -0.05) is 19.1 Å². The van der Waals surface area contributed by atoms with Crippen molar-refractivity contribution >= 4 is 0 Å². The van der Waals surface area contributed by atoms with Gasteiger partial charge in [-0.25, -0.2) is 0 Å².